The van der Waals surface area contributed by atoms with Gasteiger partial charge in [-0.15, -0.1) is 0 Å². The van der Waals surface area contributed by atoms with Gasteiger partial charge in [-0.05, 0) is 0 Å². The summed E-state index contributed by atoms with van der Waals surface area (Å²) in [5, 5.41) is 0. The third-order valence-electron chi connectivity index (χ3n) is 1.78. The van der Waals surface area contributed by atoms with E-state index in [4.69, 9.17) is 9.05 Å². The standard InChI is InChI=1S/C6H14O2P2Se2/c1-9(11)5-3-7-10(2,12)8-4-6-9/h3-6H2,1-2H3. The van der Waals surface area contributed by atoms with Crippen LogP contribution < -0.4 is 0 Å². The molecule has 0 spiro atoms. The fourth-order valence-corrected chi connectivity index (χ4v) is 5.21. The van der Waals surface area contributed by atoms with Gasteiger partial charge in [0.25, 0.3) is 0 Å². The molecule has 1 aliphatic heterocycles. The van der Waals surface area contributed by atoms with Crippen LogP contribution >= 0.6 is 11.5 Å². The van der Waals surface area contributed by atoms with E-state index in [1.807, 2.05) is 6.66 Å². The van der Waals surface area contributed by atoms with Crippen molar-refractivity contribution in [2.45, 2.75) is 0 Å². The van der Waals surface area contributed by atoms with Crippen LogP contribution in [0.4, 0.5) is 0 Å². The van der Waals surface area contributed by atoms with Gasteiger partial charge in [0.15, 0.2) is 0 Å². The van der Waals surface area contributed by atoms with Crippen molar-refractivity contribution in [2.24, 2.45) is 0 Å². The zero-order chi connectivity index (χ0) is 9.24. The molecule has 0 saturated carbocycles. The normalized spacial score (nSPS) is 44.8. The monoisotopic (exact) mass is 340 g/mol. The second-order valence-electron chi connectivity index (χ2n) is 3.18. The second kappa shape index (κ2) is 4.56. The van der Waals surface area contributed by atoms with Crippen LogP contribution in [0.2, 0.25) is 0 Å². The molecule has 72 valence electrons. The molecule has 0 atom stereocenters. The van der Waals surface area contributed by atoms with Gasteiger partial charge in [0.05, 0.1) is 0 Å². The SMILES string of the molecule is CP1(=[Se])CCOP(C)(=[Se])OCC1. The Morgan fingerprint density at radius 2 is 1.42 bits per heavy atom. The van der Waals surface area contributed by atoms with Crippen molar-refractivity contribution < 1.29 is 9.05 Å². The maximum atomic E-state index is 5.65. The van der Waals surface area contributed by atoms with Gasteiger partial charge in [-0.3, -0.25) is 0 Å². The van der Waals surface area contributed by atoms with Crippen molar-refractivity contribution in [1.29, 1.82) is 0 Å². The van der Waals surface area contributed by atoms with Gasteiger partial charge in [-0.1, -0.05) is 0 Å². The van der Waals surface area contributed by atoms with E-state index in [9.17, 15) is 0 Å². The molecule has 1 rings (SSSR count). The number of hydrogen-bond donors (Lipinski definition) is 0. The van der Waals surface area contributed by atoms with Crippen LogP contribution in [0.5, 0.6) is 0 Å². The van der Waals surface area contributed by atoms with E-state index in [0.717, 1.165) is 13.2 Å². The molecule has 1 heterocycles. The van der Waals surface area contributed by atoms with Crippen LogP contribution in [0.15, 0.2) is 0 Å². The van der Waals surface area contributed by atoms with Crippen LogP contribution in [0.3, 0.4) is 0 Å². The van der Waals surface area contributed by atoms with Crippen LogP contribution in [0, 0.1) is 0 Å². The maximum absolute atomic E-state index is 5.65. The Kier molecular flexibility index (Phi) is 4.52. The molecule has 1 fully saturated rings. The van der Waals surface area contributed by atoms with E-state index in [0.29, 0.717) is 0 Å². The third kappa shape index (κ3) is 4.36. The predicted octanol–water partition coefficient (Wildman–Crippen LogP) is 1.32. The van der Waals surface area contributed by atoms with Crippen molar-refractivity contribution in [3.63, 3.8) is 0 Å². The van der Waals surface area contributed by atoms with Gasteiger partial charge in [0.2, 0.25) is 0 Å². The molecule has 0 unspecified atom stereocenters. The van der Waals surface area contributed by atoms with E-state index >= 15 is 0 Å². The fourth-order valence-electron chi connectivity index (χ4n) is 0.949. The van der Waals surface area contributed by atoms with Gasteiger partial charge >= 0.3 is 89.6 Å². The topological polar surface area (TPSA) is 18.5 Å². The first-order chi connectivity index (χ1) is 5.41. The minimum atomic E-state index is -1.59. The zero-order valence-corrected chi connectivity index (χ0v) is 12.6. The summed E-state index contributed by atoms with van der Waals surface area (Å²) in [5.41, 5.74) is -0.835. The van der Waals surface area contributed by atoms with E-state index in [2.05, 4.69) is 36.9 Å². The van der Waals surface area contributed by atoms with Crippen LogP contribution in [-0.2, 0) is 9.05 Å². The van der Waals surface area contributed by atoms with Crippen LogP contribution in [-0.4, -0.2) is 69.1 Å². The Morgan fingerprint density at radius 3 is 1.83 bits per heavy atom. The van der Waals surface area contributed by atoms with Gasteiger partial charge < -0.3 is 0 Å². The van der Waals surface area contributed by atoms with Gasteiger partial charge in [0.1, 0.15) is 0 Å². The predicted molar refractivity (Wildman–Crippen MR) is 58.8 cm³/mol. The van der Waals surface area contributed by atoms with Crippen molar-refractivity contribution in [2.75, 3.05) is 38.9 Å². The van der Waals surface area contributed by atoms with Crippen molar-refractivity contribution in [1.82, 2.24) is 0 Å². The quantitative estimate of drug-likeness (QED) is 0.490. The summed E-state index contributed by atoms with van der Waals surface area (Å²) in [6, 6.07) is 0. The first kappa shape index (κ1) is 11.9. The average Bonchev–Trinajstić information content (AvgIpc) is 1.82. The Morgan fingerprint density at radius 1 is 1.00 bits per heavy atom. The van der Waals surface area contributed by atoms with E-state index in [-0.39, 0.29) is 0 Å². The zero-order valence-electron chi connectivity index (χ0n) is 7.36. The molecular weight excluding hydrogens is 324 g/mol. The molecule has 0 aliphatic carbocycles. The molecule has 1 aliphatic rings. The molecule has 0 aromatic heterocycles. The van der Waals surface area contributed by atoms with Crippen LogP contribution in [0.1, 0.15) is 0 Å². The Labute approximate surface area is 89.4 Å². The summed E-state index contributed by atoms with van der Waals surface area (Å²) in [7, 11) is 0. The first-order valence-corrected chi connectivity index (χ1v) is 12.9. The summed E-state index contributed by atoms with van der Waals surface area (Å²) in [4.78, 5) is 0. The molecule has 0 radical (unpaired) electrons. The summed E-state index contributed by atoms with van der Waals surface area (Å²) >= 11 is 6.32. The summed E-state index contributed by atoms with van der Waals surface area (Å²) in [6.07, 6.45) is 2.38. The van der Waals surface area contributed by atoms with Gasteiger partial charge in [-0.25, -0.2) is 0 Å². The van der Waals surface area contributed by atoms with Gasteiger partial charge in [-0.2, -0.15) is 0 Å². The molecule has 0 bridgehead atoms. The molecule has 0 N–H and O–H groups in total. The van der Waals surface area contributed by atoms with E-state index < -0.39 is 11.5 Å². The van der Waals surface area contributed by atoms with Crippen LogP contribution in [0.25, 0.3) is 0 Å². The Hall–Kier alpha value is 1.82. The summed E-state index contributed by atoms with van der Waals surface area (Å²) in [6.45, 7) is 6.04. The van der Waals surface area contributed by atoms with Crippen molar-refractivity contribution >= 4 is 41.7 Å². The Balaban J connectivity index is 2.57. The molecule has 0 aromatic rings. The molecule has 0 aromatic carbocycles. The minimum absolute atomic E-state index is 0.835. The van der Waals surface area contributed by atoms with Crippen molar-refractivity contribution in [3.8, 4) is 0 Å². The molecular formula is C6H14O2P2Se2. The summed E-state index contributed by atoms with van der Waals surface area (Å²) in [5.74, 6) is -1.59. The molecule has 6 heteroatoms. The molecule has 0 amide bonds. The fraction of sp³-hybridized carbons (Fsp3) is 1.00. The van der Waals surface area contributed by atoms with E-state index in [1.54, 1.807) is 0 Å². The second-order valence-corrected chi connectivity index (χ2v) is 18.5. The van der Waals surface area contributed by atoms with Crippen molar-refractivity contribution in [3.05, 3.63) is 0 Å². The Bertz CT molecular complexity index is 212. The first-order valence-electron chi connectivity index (χ1n) is 3.83. The third-order valence-corrected chi connectivity index (χ3v) is 8.97. The number of rotatable bonds is 0. The molecule has 12 heavy (non-hydrogen) atoms. The van der Waals surface area contributed by atoms with Gasteiger partial charge in [0, 0.05) is 0 Å². The number of hydrogen-bond acceptors (Lipinski definition) is 2. The average molecular weight is 338 g/mol. The van der Waals surface area contributed by atoms with E-state index in [1.165, 1.54) is 12.3 Å². The molecule has 1 saturated heterocycles. The summed E-state index contributed by atoms with van der Waals surface area (Å²) < 4.78 is 11.3. The molecule has 2 nitrogen and oxygen atoms in total.